The molecule has 0 radical (unpaired) electrons. The van der Waals surface area contributed by atoms with Gasteiger partial charge in [-0.05, 0) is 36.8 Å². The zero-order chi connectivity index (χ0) is 21.3. The number of benzene rings is 2. The molecule has 154 valence electrons. The number of ether oxygens (including phenoxy) is 1. The molecule has 0 aliphatic carbocycles. The van der Waals surface area contributed by atoms with Gasteiger partial charge in [-0.25, -0.2) is 0 Å². The number of carbonyl (C=O) groups excluding carboxylic acids is 2. The van der Waals surface area contributed by atoms with Gasteiger partial charge in [0.2, 0.25) is 5.91 Å². The quantitative estimate of drug-likeness (QED) is 0.706. The molecule has 30 heavy (non-hydrogen) atoms. The molecule has 0 spiro atoms. The maximum Gasteiger partial charge on any atom is 0.573 e. The smallest absolute Gasteiger partial charge is 0.406 e. The standard InChI is InChI=1S/C21H16F3N3O3/c22-21(23,24)30-14-5-1-4-13(12-14)27-11-9-18(20(27)29)26-19(28)16-6-2-8-17-15(16)7-3-10-25-17/h1-8,10,12,18H,9,11H2,(H,26,28). The number of hydrogen-bond donors (Lipinski definition) is 1. The zero-order valence-electron chi connectivity index (χ0n) is 15.5. The van der Waals surface area contributed by atoms with E-state index in [0.717, 1.165) is 12.1 Å². The highest BCUT2D eigenvalue weighted by Gasteiger charge is 2.35. The molecule has 1 unspecified atom stereocenters. The Morgan fingerprint density at radius 1 is 1.13 bits per heavy atom. The molecule has 1 aliphatic heterocycles. The molecule has 6 nitrogen and oxygen atoms in total. The van der Waals surface area contributed by atoms with E-state index in [9.17, 15) is 22.8 Å². The Bertz CT molecular complexity index is 1110. The number of amides is 2. The molecule has 2 amide bonds. The SMILES string of the molecule is O=C(NC1CCN(c2cccc(OC(F)(F)F)c2)C1=O)c1cccc2ncccc12. The Labute approximate surface area is 169 Å². The van der Waals surface area contributed by atoms with Gasteiger partial charge in [0.1, 0.15) is 11.8 Å². The van der Waals surface area contributed by atoms with Crippen molar-refractivity contribution < 1.29 is 27.5 Å². The van der Waals surface area contributed by atoms with Crippen molar-refractivity contribution in [2.75, 3.05) is 11.4 Å². The summed E-state index contributed by atoms with van der Waals surface area (Å²) in [5.41, 5.74) is 1.33. The molecule has 2 heterocycles. The average Bonchev–Trinajstić information content (AvgIpc) is 3.06. The third kappa shape index (κ3) is 4.05. The van der Waals surface area contributed by atoms with Crippen molar-refractivity contribution in [2.24, 2.45) is 0 Å². The number of pyridine rings is 1. The number of alkyl halides is 3. The van der Waals surface area contributed by atoms with Gasteiger partial charge in [-0.1, -0.05) is 18.2 Å². The van der Waals surface area contributed by atoms with Crippen LogP contribution in [0.5, 0.6) is 5.75 Å². The normalized spacial score (nSPS) is 16.7. The van der Waals surface area contributed by atoms with Crippen molar-refractivity contribution in [3.63, 3.8) is 0 Å². The number of carbonyl (C=O) groups is 2. The summed E-state index contributed by atoms with van der Waals surface area (Å²) >= 11 is 0. The molecule has 1 N–H and O–H groups in total. The number of rotatable bonds is 4. The zero-order valence-corrected chi connectivity index (χ0v) is 15.5. The Kier molecular flexibility index (Phi) is 5.03. The second-order valence-electron chi connectivity index (χ2n) is 6.73. The van der Waals surface area contributed by atoms with E-state index in [0.29, 0.717) is 22.9 Å². The minimum absolute atomic E-state index is 0.260. The number of nitrogens with one attached hydrogen (secondary N) is 1. The van der Waals surface area contributed by atoms with Crippen LogP contribution in [0.1, 0.15) is 16.8 Å². The summed E-state index contributed by atoms with van der Waals surface area (Å²) in [4.78, 5) is 31.1. The van der Waals surface area contributed by atoms with E-state index < -0.39 is 30.0 Å². The summed E-state index contributed by atoms with van der Waals surface area (Å²) in [6.07, 6.45) is -2.87. The van der Waals surface area contributed by atoms with Crippen molar-refractivity contribution in [3.05, 3.63) is 66.4 Å². The van der Waals surface area contributed by atoms with Crippen LogP contribution in [0.3, 0.4) is 0 Å². The first kappa shape index (κ1) is 19.7. The van der Waals surface area contributed by atoms with Crippen molar-refractivity contribution in [1.29, 1.82) is 0 Å². The van der Waals surface area contributed by atoms with Gasteiger partial charge in [0.25, 0.3) is 5.91 Å². The lowest BCUT2D eigenvalue weighted by molar-refractivity contribution is -0.274. The van der Waals surface area contributed by atoms with Crippen molar-refractivity contribution in [1.82, 2.24) is 10.3 Å². The van der Waals surface area contributed by atoms with E-state index in [2.05, 4.69) is 15.0 Å². The molecule has 0 saturated carbocycles. The molecule has 0 bridgehead atoms. The fraction of sp³-hybridized carbons (Fsp3) is 0.190. The number of anilines is 1. The topological polar surface area (TPSA) is 71.5 Å². The van der Waals surface area contributed by atoms with Crippen molar-refractivity contribution >= 4 is 28.4 Å². The van der Waals surface area contributed by atoms with Crippen LogP contribution in [0.2, 0.25) is 0 Å². The Balaban J connectivity index is 1.50. The highest BCUT2D eigenvalue weighted by atomic mass is 19.4. The predicted octanol–water partition coefficient (Wildman–Crippen LogP) is 3.67. The second kappa shape index (κ2) is 7.66. The van der Waals surface area contributed by atoms with Gasteiger partial charge in [-0.3, -0.25) is 14.6 Å². The molecule has 1 aromatic heterocycles. The van der Waals surface area contributed by atoms with E-state index in [-0.39, 0.29) is 12.2 Å². The lowest BCUT2D eigenvalue weighted by atomic mass is 10.1. The van der Waals surface area contributed by atoms with Crippen molar-refractivity contribution in [3.8, 4) is 5.75 Å². The molecule has 1 fully saturated rings. The van der Waals surface area contributed by atoms with E-state index in [1.165, 1.54) is 17.0 Å². The minimum Gasteiger partial charge on any atom is -0.406 e. The Morgan fingerprint density at radius 3 is 2.73 bits per heavy atom. The first-order valence-electron chi connectivity index (χ1n) is 9.14. The van der Waals surface area contributed by atoms with Gasteiger partial charge in [0.05, 0.1) is 5.52 Å². The molecule has 3 aromatic rings. The van der Waals surface area contributed by atoms with E-state index in [1.807, 2.05) is 0 Å². The number of fused-ring (bicyclic) bond motifs is 1. The highest BCUT2D eigenvalue weighted by Crippen LogP contribution is 2.29. The maximum absolute atomic E-state index is 12.8. The van der Waals surface area contributed by atoms with Crippen LogP contribution in [0.15, 0.2) is 60.8 Å². The molecule has 1 saturated heterocycles. The molecule has 9 heteroatoms. The molecule has 2 aromatic carbocycles. The van der Waals surface area contributed by atoms with Gasteiger partial charge < -0.3 is 15.0 Å². The monoisotopic (exact) mass is 415 g/mol. The van der Waals surface area contributed by atoms with Crippen LogP contribution in [-0.4, -0.2) is 35.7 Å². The fourth-order valence-corrected chi connectivity index (χ4v) is 3.46. The third-order valence-electron chi connectivity index (χ3n) is 4.76. The lowest BCUT2D eigenvalue weighted by Crippen LogP contribution is -2.41. The lowest BCUT2D eigenvalue weighted by Gasteiger charge is -2.18. The number of halogens is 3. The summed E-state index contributed by atoms with van der Waals surface area (Å²) in [5, 5.41) is 3.38. The Morgan fingerprint density at radius 2 is 1.93 bits per heavy atom. The van der Waals surface area contributed by atoms with Gasteiger partial charge in [0.15, 0.2) is 0 Å². The van der Waals surface area contributed by atoms with Crippen molar-refractivity contribution in [2.45, 2.75) is 18.8 Å². The number of nitrogens with zero attached hydrogens (tertiary/aromatic N) is 2. The summed E-state index contributed by atoms with van der Waals surface area (Å²) < 4.78 is 41.3. The maximum atomic E-state index is 12.8. The summed E-state index contributed by atoms with van der Waals surface area (Å²) in [6.45, 7) is 0.260. The predicted molar refractivity (Wildman–Crippen MR) is 103 cm³/mol. The minimum atomic E-state index is -4.82. The molecular weight excluding hydrogens is 399 g/mol. The van der Waals surface area contributed by atoms with E-state index in [4.69, 9.17) is 0 Å². The van der Waals surface area contributed by atoms with Gasteiger partial charge in [0, 0.05) is 35.4 Å². The summed E-state index contributed by atoms with van der Waals surface area (Å²) in [7, 11) is 0. The van der Waals surface area contributed by atoms with Crippen LogP contribution in [0.4, 0.5) is 18.9 Å². The van der Waals surface area contributed by atoms with Gasteiger partial charge in [-0.15, -0.1) is 13.2 Å². The molecule has 4 rings (SSSR count). The summed E-state index contributed by atoms with van der Waals surface area (Å²) in [6, 6.07) is 13.0. The van der Waals surface area contributed by atoms with Gasteiger partial charge in [-0.2, -0.15) is 0 Å². The first-order chi connectivity index (χ1) is 14.3. The fourth-order valence-electron chi connectivity index (χ4n) is 3.46. The number of aromatic nitrogens is 1. The highest BCUT2D eigenvalue weighted by molar-refractivity contribution is 6.09. The largest absolute Gasteiger partial charge is 0.573 e. The second-order valence-corrected chi connectivity index (χ2v) is 6.73. The molecule has 1 atom stereocenters. The van der Waals surface area contributed by atoms with Crippen LogP contribution < -0.4 is 15.0 Å². The Hall–Kier alpha value is -3.62. The number of hydrogen-bond acceptors (Lipinski definition) is 4. The van der Waals surface area contributed by atoms with Crippen LogP contribution in [-0.2, 0) is 4.79 Å². The van der Waals surface area contributed by atoms with Crippen LogP contribution >= 0.6 is 0 Å². The van der Waals surface area contributed by atoms with E-state index >= 15 is 0 Å². The van der Waals surface area contributed by atoms with Crippen LogP contribution in [0, 0.1) is 0 Å². The van der Waals surface area contributed by atoms with Crippen LogP contribution in [0.25, 0.3) is 10.9 Å². The van der Waals surface area contributed by atoms with E-state index in [1.54, 1.807) is 36.5 Å². The molecule has 1 aliphatic rings. The summed E-state index contributed by atoms with van der Waals surface area (Å²) in [5.74, 6) is -1.22. The third-order valence-corrected chi connectivity index (χ3v) is 4.76. The van der Waals surface area contributed by atoms with Gasteiger partial charge >= 0.3 is 6.36 Å². The molecular formula is C21H16F3N3O3. The first-order valence-corrected chi connectivity index (χ1v) is 9.14. The average molecular weight is 415 g/mol.